The van der Waals surface area contributed by atoms with Gasteiger partial charge in [-0.25, -0.2) is 0 Å². The summed E-state index contributed by atoms with van der Waals surface area (Å²) >= 11 is 6.27. The zero-order chi connectivity index (χ0) is 20.7. The first-order valence-electron chi connectivity index (χ1n) is 9.35. The van der Waals surface area contributed by atoms with Crippen molar-refractivity contribution in [2.24, 2.45) is 5.92 Å². The fraction of sp³-hybridized carbons (Fsp3) is 0.350. The number of nitro groups is 1. The van der Waals surface area contributed by atoms with Crippen LogP contribution in [0.3, 0.4) is 0 Å². The summed E-state index contributed by atoms with van der Waals surface area (Å²) in [7, 11) is 0. The van der Waals surface area contributed by atoms with Gasteiger partial charge in [-0.3, -0.25) is 19.8 Å². The highest BCUT2D eigenvalue weighted by Crippen LogP contribution is 2.44. The van der Waals surface area contributed by atoms with Crippen LogP contribution in [0.15, 0.2) is 30.3 Å². The summed E-state index contributed by atoms with van der Waals surface area (Å²) in [6, 6.07) is 8.92. The first-order valence-corrected chi connectivity index (χ1v) is 9.73. The predicted molar refractivity (Wildman–Crippen MR) is 115 cm³/mol. The van der Waals surface area contributed by atoms with E-state index in [4.69, 9.17) is 11.6 Å². The van der Waals surface area contributed by atoms with Gasteiger partial charge in [-0.05, 0) is 30.2 Å². The van der Waals surface area contributed by atoms with Crippen molar-refractivity contribution in [3.05, 3.63) is 56.6 Å². The average molecular weight is 454 g/mol. The number of carbonyl (C=O) groups is 1. The van der Waals surface area contributed by atoms with Crippen LogP contribution >= 0.6 is 24.0 Å². The van der Waals surface area contributed by atoms with Crippen LogP contribution in [0, 0.1) is 16.0 Å². The minimum atomic E-state index is -0.851. The third-order valence-electron chi connectivity index (χ3n) is 5.65. The first-order chi connectivity index (χ1) is 13.9. The van der Waals surface area contributed by atoms with Crippen LogP contribution in [-0.4, -0.2) is 58.5 Å². The van der Waals surface area contributed by atoms with Crippen molar-refractivity contribution in [1.29, 1.82) is 0 Å². The summed E-state index contributed by atoms with van der Waals surface area (Å²) in [6.07, 6.45) is 0.313. The number of phenols is 2. The number of hydrogen-bond acceptors (Lipinski definition) is 7. The molecular weight excluding hydrogens is 433 g/mol. The van der Waals surface area contributed by atoms with Crippen LogP contribution in [-0.2, 0) is 6.42 Å². The van der Waals surface area contributed by atoms with Gasteiger partial charge in [0.05, 0.1) is 15.6 Å². The van der Waals surface area contributed by atoms with E-state index in [2.05, 4.69) is 9.80 Å². The number of benzene rings is 2. The Morgan fingerprint density at radius 3 is 2.47 bits per heavy atom. The molecule has 2 aromatic rings. The topological polar surface area (TPSA) is 107 Å². The number of halogens is 2. The third kappa shape index (κ3) is 3.90. The van der Waals surface area contributed by atoms with Crippen LogP contribution in [0.25, 0.3) is 0 Å². The summed E-state index contributed by atoms with van der Waals surface area (Å²) < 4.78 is 0. The molecule has 0 spiro atoms. The van der Waals surface area contributed by atoms with Crippen molar-refractivity contribution >= 4 is 41.2 Å². The molecule has 1 atom stereocenters. The Balaban J connectivity index is 0.00000256. The second kappa shape index (κ2) is 8.67. The number of nitrogens with zero attached hydrogens (tertiary/aromatic N) is 3. The van der Waals surface area contributed by atoms with Gasteiger partial charge in [0.25, 0.3) is 0 Å². The number of phenolic OH excluding ortho intramolecular Hbond substituents is 2. The Morgan fingerprint density at radius 1 is 1.17 bits per heavy atom. The summed E-state index contributed by atoms with van der Waals surface area (Å²) in [4.78, 5) is 27.7. The van der Waals surface area contributed by atoms with E-state index in [0.717, 1.165) is 31.9 Å². The van der Waals surface area contributed by atoms with Crippen LogP contribution in [0.1, 0.15) is 15.9 Å². The van der Waals surface area contributed by atoms with Crippen molar-refractivity contribution < 1.29 is 19.9 Å². The summed E-state index contributed by atoms with van der Waals surface area (Å²) in [5.41, 5.74) is 0.623. The van der Waals surface area contributed by atoms with Gasteiger partial charge in [0.1, 0.15) is 5.56 Å². The molecule has 1 fully saturated rings. The van der Waals surface area contributed by atoms with Gasteiger partial charge in [0.2, 0.25) is 5.75 Å². The van der Waals surface area contributed by atoms with E-state index in [-0.39, 0.29) is 23.8 Å². The molecule has 0 radical (unpaired) electrons. The van der Waals surface area contributed by atoms with Crippen molar-refractivity contribution in [2.75, 3.05) is 37.6 Å². The van der Waals surface area contributed by atoms with Crippen LogP contribution in [0.5, 0.6) is 11.5 Å². The number of hydrogen-bond donors (Lipinski definition) is 2. The maximum absolute atomic E-state index is 12.8. The van der Waals surface area contributed by atoms with E-state index >= 15 is 0 Å². The van der Waals surface area contributed by atoms with Gasteiger partial charge in [-0.1, -0.05) is 23.7 Å². The van der Waals surface area contributed by atoms with Gasteiger partial charge >= 0.3 is 5.69 Å². The second-order valence-electron chi connectivity index (χ2n) is 7.39. The van der Waals surface area contributed by atoms with Crippen LogP contribution < -0.4 is 4.90 Å². The van der Waals surface area contributed by atoms with E-state index in [1.807, 2.05) is 24.3 Å². The highest BCUT2D eigenvalue weighted by atomic mass is 35.5. The zero-order valence-corrected chi connectivity index (χ0v) is 17.5. The molecule has 1 heterocycles. The van der Waals surface area contributed by atoms with Gasteiger partial charge in [-0.2, -0.15) is 0 Å². The lowest BCUT2D eigenvalue weighted by molar-refractivity contribution is -0.386. The van der Waals surface area contributed by atoms with E-state index in [9.17, 15) is 25.1 Å². The second-order valence-corrected chi connectivity index (χ2v) is 7.80. The molecule has 1 unspecified atom stereocenters. The predicted octanol–water partition coefficient (Wildman–Crippen LogP) is 3.26. The number of ketones is 1. The molecule has 8 nitrogen and oxygen atoms in total. The number of rotatable bonds is 4. The SMILES string of the molecule is Cl.O=C1c2c(cc(O)c(O)c2[N+](=O)[O-])CC1CN1CCN(c2ccccc2Cl)CC1. The summed E-state index contributed by atoms with van der Waals surface area (Å²) in [5.74, 6) is -2.21. The number of aromatic hydroxyl groups is 2. The lowest BCUT2D eigenvalue weighted by Crippen LogP contribution is -2.48. The Hall–Kier alpha value is -2.55. The first kappa shape index (κ1) is 22.1. The third-order valence-corrected chi connectivity index (χ3v) is 5.97. The minimum absolute atomic E-state index is 0. The molecule has 2 N–H and O–H groups in total. The van der Waals surface area contributed by atoms with Crippen LogP contribution in [0.2, 0.25) is 5.02 Å². The largest absolute Gasteiger partial charge is 0.504 e. The fourth-order valence-corrected chi connectivity index (χ4v) is 4.47. The van der Waals surface area contributed by atoms with Crippen molar-refractivity contribution in [3.63, 3.8) is 0 Å². The fourth-order valence-electron chi connectivity index (χ4n) is 4.21. The van der Waals surface area contributed by atoms with E-state index in [1.165, 1.54) is 6.07 Å². The molecule has 1 saturated heterocycles. The molecule has 0 amide bonds. The molecule has 1 aliphatic heterocycles. The number of piperazine rings is 1. The molecule has 160 valence electrons. The monoisotopic (exact) mass is 453 g/mol. The van der Waals surface area contributed by atoms with Crippen molar-refractivity contribution in [1.82, 2.24) is 4.90 Å². The standard InChI is InChI=1S/C20H20ClN3O5.ClH/c21-14-3-1-2-4-15(14)23-7-5-22(6-8-23)11-13-9-12-10-16(25)20(27)18(24(28)29)17(12)19(13)26;/h1-4,10,13,25,27H,5-9,11H2;1H. The van der Waals surface area contributed by atoms with Gasteiger partial charge < -0.3 is 15.1 Å². The summed E-state index contributed by atoms with van der Waals surface area (Å²) in [6.45, 7) is 3.48. The molecule has 1 aliphatic carbocycles. The molecule has 0 aromatic heterocycles. The van der Waals surface area contributed by atoms with Gasteiger partial charge in [0.15, 0.2) is 11.5 Å². The number of anilines is 1. The average Bonchev–Trinajstić information content (AvgIpc) is 2.98. The smallest absolute Gasteiger partial charge is 0.325 e. The number of carbonyl (C=O) groups excluding carboxylic acids is 1. The molecule has 0 bridgehead atoms. The maximum Gasteiger partial charge on any atom is 0.325 e. The Labute approximate surface area is 184 Å². The quantitative estimate of drug-likeness (QED) is 0.415. The number of fused-ring (bicyclic) bond motifs is 1. The molecule has 2 aromatic carbocycles. The minimum Gasteiger partial charge on any atom is -0.504 e. The van der Waals surface area contributed by atoms with Gasteiger partial charge in [0, 0.05) is 38.6 Å². The normalized spacial score (nSPS) is 18.8. The van der Waals surface area contributed by atoms with Gasteiger partial charge in [-0.15, -0.1) is 12.4 Å². The highest BCUT2D eigenvalue weighted by molar-refractivity contribution is 6.33. The number of Topliss-reactive ketones (excluding diaryl/α,β-unsaturated/α-hetero) is 1. The molecule has 30 heavy (non-hydrogen) atoms. The lowest BCUT2D eigenvalue weighted by Gasteiger charge is -2.37. The molecule has 10 heteroatoms. The van der Waals surface area contributed by atoms with Crippen LogP contribution in [0.4, 0.5) is 11.4 Å². The molecule has 2 aliphatic rings. The maximum atomic E-state index is 12.8. The van der Waals surface area contributed by atoms with E-state index in [1.54, 1.807) is 0 Å². The number of para-hydroxylation sites is 1. The lowest BCUT2D eigenvalue weighted by atomic mass is 10.0. The Bertz CT molecular complexity index is 993. The number of nitro benzene ring substituents is 1. The van der Waals surface area contributed by atoms with E-state index < -0.39 is 28.0 Å². The molecule has 4 rings (SSSR count). The highest BCUT2D eigenvalue weighted by Gasteiger charge is 2.41. The molecular formula is C20H21Cl2N3O5. The summed E-state index contributed by atoms with van der Waals surface area (Å²) in [5, 5.41) is 31.7. The molecule has 0 saturated carbocycles. The Kier molecular flexibility index (Phi) is 6.40. The Morgan fingerprint density at radius 2 is 1.83 bits per heavy atom. The van der Waals surface area contributed by atoms with E-state index in [0.29, 0.717) is 23.6 Å². The van der Waals surface area contributed by atoms with Crippen molar-refractivity contribution in [2.45, 2.75) is 6.42 Å². The van der Waals surface area contributed by atoms with Crippen molar-refractivity contribution in [3.8, 4) is 11.5 Å². The zero-order valence-electron chi connectivity index (χ0n) is 16.0.